The van der Waals surface area contributed by atoms with Crippen LogP contribution < -0.4 is 0 Å². The Balaban J connectivity index is 1.44. The first-order valence-electron chi connectivity index (χ1n) is 9.20. The van der Waals surface area contributed by atoms with E-state index in [9.17, 15) is 4.79 Å². The SMILES string of the molecule is O=C1c2cccc(Br)c2CCC1C1CCC(c2ccc(Cl)cc2)CC1. The van der Waals surface area contributed by atoms with Crippen molar-refractivity contribution in [3.05, 3.63) is 68.7 Å². The third-order valence-corrected chi connectivity index (χ3v) is 7.10. The molecule has 0 N–H and O–H groups in total. The van der Waals surface area contributed by atoms with Gasteiger partial charge in [-0.2, -0.15) is 0 Å². The number of rotatable bonds is 2. The highest BCUT2D eigenvalue weighted by Gasteiger charge is 2.36. The van der Waals surface area contributed by atoms with E-state index in [0.29, 0.717) is 17.6 Å². The van der Waals surface area contributed by atoms with Crippen LogP contribution in [0, 0.1) is 11.8 Å². The van der Waals surface area contributed by atoms with Crippen molar-refractivity contribution in [1.82, 2.24) is 0 Å². The second-order valence-electron chi connectivity index (χ2n) is 7.44. The van der Waals surface area contributed by atoms with Gasteiger partial charge in [0.2, 0.25) is 0 Å². The van der Waals surface area contributed by atoms with Crippen LogP contribution in [-0.4, -0.2) is 5.78 Å². The molecule has 0 aromatic heterocycles. The van der Waals surface area contributed by atoms with Crippen molar-refractivity contribution in [2.75, 3.05) is 0 Å². The maximum atomic E-state index is 13.0. The summed E-state index contributed by atoms with van der Waals surface area (Å²) in [5.41, 5.74) is 3.55. The van der Waals surface area contributed by atoms with Gasteiger partial charge in [-0.05, 0) is 79.7 Å². The van der Waals surface area contributed by atoms with Crippen LogP contribution in [0.15, 0.2) is 46.9 Å². The molecular formula is C22H22BrClO. The minimum absolute atomic E-state index is 0.216. The van der Waals surface area contributed by atoms with Crippen LogP contribution in [0.3, 0.4) is 0 Å². The van der Waals surface area contributed by atoms with Crippen LogP contribution in [0.5, 0.6) is 0 Å². The van der Waals surface area contributed by atoms with Crippen LogP contribution in [0.4, 0.5) is 0 Å². The Labute approximate surface area is 162 Å². The van der Waals surface area contributed by atoms with Gasteiger partial charge in [0.15, 0.2) is 5.78 Å². The average Bonchev–Trinajstić information content (AvgIpc) is 2.64. The first-order valence-corrected chi connectivity index (χ1v) is 10.4. The zero-order valence-corrected chi connectivity index (χ0v) is 16.5. The Morgan fingerprint density at radius 2 is 1.64 bits per heavy atom. The zero-order valence-electron chi connectivity index (χ0n) is 14.2. The number of carbonyl (C=O) groups is 1. The van der Waals surface area contributed by atoms with E-state index in [-0.39, 0.29) is 5.92 Å². The molecule has 2 aromatic carbocycles. The summed E-state index contributed by atoms with van der Waals surface area (Å²) in [6.07, 6.45) is 6.71. The lowest BCUT2D eigenvalue weighted by molar-refractivity contribution is 0.0813. The molecule has 1 fully saturated rings. The number of fused-ring (bicyclic) bond motifs is 1. The Morgan fingerprint density at radius 3 is 2.36 bits per heavy atom. The van der Waals surface area contributed by atoms with E-state index in [1.54, 1.807) is 0 Å². The monoisotopic (exact) mass is 416 g/mol. The fourth-order valence-corrected chi connectivity index (χ4v) is 5.40. The third kappa shape index (κ3) is 3.44. The van der Waals surface area contributed by atoms with E-state index < -0.39 is 0 Å². The molecule has 0 radical (unpaired) electrons. The Kier molecular flexibility index (Phi) is 5.01. The molecular weight excluding hydrogens is 396 g/mol. The molecule has 0 spiro atoms. The lowest BCUT2D eigenvalue weighted by Crippen LogP contribution is -2.31. The van der Waals surface area contributed by atoms with E-state index in [4.69, 9.17) is 11.6 Å². The maximum absolute atomic E-state index is 13.0. The molecule has 1 saturated carbocycles. The molecule has 4 rings (SSSR count). The molecule has 0 amide bonds. The number of hydrogen-bond donors (Lipinski definition) is 0. The summed E-state index contributed by atoms with van der Waals surface area (Å²) in [6, 6.07) is 14.3. The quantitative estimate of drug-likeness (QED) is 0.524. The second-order valence-corrected chi connectivity index (χ2v) is 8.73. The molecule has 0 aliphatic heterocycles. The van der Waals surface area contributed by atoms with Gasteiger partial charge in [-0.25, -0.2) is 0 Å². The molecule has 1 unspecified atom stereocenters. The predicted molar refractivity (Wildman–Crippen MR) is 106 cm³/mol. The molecule has 1 nitrogen and oxygen atoms in total. The molecule has 2 aliphatic carbocycles. The van der Waals surface area contributed by atoms with E-state index in [1.165, 1.54) is 24.0 Å². The summed E-state index contributed by atoms with van der Waals surface area (Å²) in [4.78, 5) is 13.0. The highest BCUT2D eigenvalue weighted by Crippen LogP contribution is 2.43. The molecule has 1 atom stereocenters. The summed E-state index contributed by atoms with van der Waals surface area (Å²) < 4.78 is 1.09. The number of Topliss-reactive ketones (excluding diaryl/α,β-unsaturated/α-hetero) is 1. The van der Waals surface area contributed by atoms with Gasteiger partial charge in [-0.1, -0.05) is 51.8 Å². The minimum atomic E-state index is 0.216. The van der Waals surface area contributed by atoms with Crippen LogP contribution >= 0.6 is 27.5 Å². The first kappa shape index (κ1) is 17.3. The van der Waals surface area contributed by atoms with Gasteiger partial charge in [0.25, 0.3) is 0 Å². The number of carbonyl (C=O) groups excluding carboxylic acids is 1. The largest absolute Gasteiger partial charge is 0.294 e. The molecule has 2 aliphatic rings. The standard InChI is InChI=1S/C22H22BrClO/c23-21-3-1-2-20-19(21)13-12-18(22(20)25)16-6-4-14(5-7-16)15-8-10-17(24)11-9-15/h1-3,8-11,14,16,18H,4-7,12-13H2. The molecule has 0 heterocycles. The van der Waals surface area contributed by atoms with Crippen molar-refractivity contribution in [1.29, 1.82) is 0 Å². The third-order valence-electron chi connectivity index (χ3n) is 6.11. The molecule has 2 aromatic rings. The Morgan fingerprint density at radius 1 is 0.920 bits per heavy atom. The molecule has 0 bridgehead atoms. The van der Waals surface area contributed by atoms with Gasteiger partial charge in [-0.3, -0.25) is 4.79 Å². The van der Waals surface area contributed by atoms with E-state index in [0.717, 1.165) is 40.7 Å². The average molecular weight is 418 g/mol. The lowest BCUT2D eigenvalue weighted by atomic mass is 9.68. The molecule has 0 saturated heterocycles. The maximum Gasteiger partial charge on any atom is 0.166 e. The fourth-order valence-electron chi connectivity index (χ4n) is 4.71. The van der Waals surface area contributed by atoms with Crippen LogP contribution in [-0.2, 0) is 6.42 Å². The summed E-state index contributed by atoms with van der Waals surface area (Å²) in [6.45, 7) is 0. The highest BCUT2D eigenvalue weighted by molar-refractivity contribution is 9.10. The molecule has 25 heavy (non-hydrogen) atoms. The summed E-state index contributed by atoms with van der Waals surface area (Å²) in [5.74, 6) is 1.75. The van der Waals surface area contributed by atoms with Gasteiger partial charge < -0.3 is 0 Å². The zero-order chi connectivity index (χ0) is 17.4. The highest BCUT2D eigenvalue weighted by atomic mass is 79.9. The predicted octanol–water partition coefficient (Wildman–Crippen LogP) is 6.82. The van der Waals surface area contributed by atoms with Crippen molar-refractivity contribution >= 4 is 33.3 Å². The van der Waals surface area contributed by atoms with Crippen molar-refractivity contribution in [2.45, 2.75) is 44.4 Å². The van der Waals surface area contributed by atoms with Gasteiger partial charge >= 0.3 is 0 Å². The number of halogens is 2. The number of hydrogen-bond acceptors (Lipinski definition) is 1. The number of benzene rings is 2. The van der Waals surface area contributed by atoms with Gasteiger partial charge in [0.05, 0.1) is 0 Å². The van der Waals surface area contributed by atoms with Crippen molar-refractivity contribution in [3.63, 3.8) is 0 Å². The topological polar surface area (TPSA) is 17.1 Å². The van der Waals surface area contributed by atoms with Gasteiger partial charge in [0, 0.05) is 21.0 Å². The van der Waals surface area contributed by atoms with Crippen molar-refractivity contribution < 1.29 is 4.79 Å². The summed E-state index contributed by atoms with van der Waals surface area (Å²) in [5, 5.41) is 0.801. The second kappa shape index (κ2) is 7.25. The first-order chi connectivity index (χ1) is 12.1. The minimum Gasteiger partial charge on any atom is -0.294 e. The lowest BCUT2D eigenvalue weighted by Gasteiger charge is -2.36. The Bertz CT molecular complexity index is 775. The molecule has 130 valence electrons. The van der Waals surface area contributed by atoms with E-state index >= 15 is 0 Å². The van der Waals surface area contributed by atoms with Gasteiger partial charge in [0.1, 0.15) is 0 Å². The van der Waals surface area contributed by atoms with Crippen molar-refractivity contribution in [2.24, 2.45) is 11.8 Å². The van der Waals surface area contributed by atoms with E-state index in [1.807, 2.05) is 30.3 Å². The fraction of sp³-hybridized carbons (Fsp3) is 0.409. The van der Waals surface area contributed by atoms with Crippen LogP contribution in [0.25, 0.3) is 0 Å². The normalized spacial score (nSPS) is 26.3. The van der Waals surface area contributed by atoms with Gasteiger partial charge in [-0.15, -0.1) is 0 Å². The van der Waals surface area contributed by atoms with Crippen molar-refractivity contribution in [3.8, 4) is 0 Å². The summed E-state index contributed by atoms with van der Waals surface area (Å²) >= 11 is 9.61. The molecule has 3 heteroatoms. The van der Waals surface area contributed by atoms with Crippen LogP contribution in [0.1, 0.15) is 59.5 Å². The smallest absolute Gasteiger partial charge is 0.166 e. The number of ketones is 1. The van der Waals surface area contributed by atoms with E-state index in [2.05, 4.69) is 28.1 Å². The summed E-state index contributed by atoms with van der Waals surface area (Å²) in [7, 11) is 0. The Hall–Kier alpha value is -1.12. The van der Waals surface area contributed by atoms with Crippen LogP contribution in [0.2, 0.25) is 5.02 Å².